The first-order chi connectivity index (χ1) is 13.1. The van der Waals surface area contributed by atoms with E-state index in [0.717, 1.165) is 11.3 Å². The summed E-state index contributed by atoms with van der Waals surface area (Å²) in [6, 6.07) is 13.3. The Morgan fingerprint density at radius 1 is 1.32 bits per heavy atom. The molecule has 8 nitrogen and oxygen atoms in total. The zero-order valence-electron chi connectivity index (χ0n) is 15.6. The average molecular weight is 494 g/mol. The van der Waals surface area contributed by atoms with Gasteiger partial charge in [0.25, 0.3) is 5.91 Å². The molecule has 9 heteroatoms. The van der Waals surface area contributed by atoms with Crippen LogP contribution in [-0.4, -0.2) is 28.7 Å². The third-order valence-corrected chi connectivity index (χ3v) is 4.05. The van der Waals surface area contributed by atoms with Crippen molar-refractivity contribution in [3.63, 3.8) is 0 Å². The van der Waals surface area contributed by atoms with Crippen molar-refractivity contribution >= 4 is 35.8 Å². The van der Waals surface area contributed by atoms with Crippen molar-refractivity contribution in [2.24, 2.45) is 10.7 Å². The topological polar surface area (TPSA) is 110 Å². The number of halogens is 1. The molecule has 2 heterocycles. The number of nitrogens with one attached hydrogen (secondary N) is 2. The maximum absolute atomic E-state index is 11.1. The minimum absolute atomic E-state index is 0. The lowest BCUT2D eigenvalue weighted by Gasteiger charge is -2.18. The quantitative estimate of drug-likeness (QED) is 0.277. The maximum atomic E-state index is 11.1. The number of guanidine groups is 1. The normalized spacial score (nSPS) is 12.1. The van der Waals surface area contributed by atoms with Gasteiger partial charge >= 0.3 is 0 Å². The smallest absolute Gasteiger partial charge is 0.284 e. The van der Waals surface area contributed by atoms with Gasteiger partial charge in [0.2, 0.25) is 0 Å². The highest BCUT2D eigenvalue weighted by atomic mass is 127. The molecule has 0 saturated heterocycles. The van der Waals surface area contributed by atoms with Crippen LogP contribution in [0, 0.1) is 0 Å². The van der Waals surface area contributed by atoms with E-state index in [1.165, 1.54) is 0 Å². The largest absolute Gasteiger partial charge is 0.454 e. The third kappa shape index (κ3) is 5.35. The van der Waals surface area contributed by atoms with Crippen molar-refractivity contribution < 1.29 is 9.21 Å². The van der Waals surface area contributed by atoms with Gasteiger partial charge in [-0.15, -0.1) is 24.0 Å². The number of aliphatic imine (C=N–C) groups is 1. The van der Waals surface area contributed by atoms with Crippen molar-refractivity contribution in [1.29, 1.82) is 0 Å². The summed E-state index contributed by atoms with van der Waals surface area (Å²) in [7, 11) is 1.69. The lowest BCUT2D eigenvalue weighted by molar-refractivity contribution is 0.0972. The van der Waals surface area contributed by atoms with Crippen LogP contribution in [0.15, 0.2) is 64.3 Å². The molecule has 0 aliphatic rings. The molecule has 148 valence electrons. The number of hydrogen-bond acceptors (Lipinski definition) is 4. The van der Waals surface area contributed by atoms with Gasteiger partial charge in [0.15, 0.2) is 11.7 Å². The first kappa shape index (κ1) is 21.5. The van der Waals surface area contributed by atoms with Gasteiger partial charge < -0.3 is 20.8 Å². The number of benzene rings is 1. The molecule has 0 saturated carbocycles. The fourth-order valence-corrected chi connectivity index (χ4v) is 2.62. The van der Waals surface area contributed by atoms with Crippen molar-refractivity contribution in [2.45, 2.75) is 19.5 Å². The molecule has 0 radical (unpaired) electrons. The first-order valence-electron chi connectivity index (χ1n) is 8.52. The van der Waals surface area contributed by atoms with E-state index in [2.05, 4.69) is 26.8 Å². The molecule has 0 aliphatic heterocycles. The van der Waals surface area contributed by atoms with E-state index in [9.17, 15) is 4.79 Å². The monoisotopic (exact) mass is 494 g/mol. The first-order valence-corrected chi connectivity index (χ1v) is 8.52. The van der Waals surface area contributed by atoms with Crippen LogP contribution < -0.4 is 16.4 Å². The second-order valence-corrected chi connectivity index (χ2v) is 5.97. The summed E-state index contributed by atoms with van der Waals surface area (Å²) in [5.74, 6) is 0.761. The van der Waals surface area contributed by atoms with E-state index in [0.29, 0.717) is 18.3 Å². The molecule has 1 unspecified atom stereocenters. The number of primary amides is 1. The minimum Gasteiger partial charge on any atom is -0.454 e. The van der Waals surface area contributed by atoms with Gasteiger partial charge in [0, 0.05) is 19.4 Å². The SMILES string of the molecule is CN=C(NCc1ccc(C(N)=O)o1)NC(C)c1cccc(-n2cccn2)c1.I. The standard InChI is InChI=1S/C19H22N6O2.HI/c1-13(14-5-3-6-15(11-14)25-10-4-9-23-25)24-19(21-2)22-12-16-7-8-17(27-16)18(20)26;/h3-11,13H,12H2,1-2H3,(H2,20,26)(H2,21,22,24);1H. The van der Waals surface area contributed by atoms with Crippen LogP contribution in [0.4, 0.5) is 0 Å². The van der Waals surface area contributed by atoms with Crippen molar-refractivity contribution in [3.05, 3.63) is 71.9 Å². The zero-order chi connectivity index (χ0) is 19.2. The molecule has 4 N–H and O–H groups in total. The van der Waals surface area contributed by atoms with E-state index in [1.807, 2.05) is 42.1 Å². The number of furan rings is 1. The Hall–Kier alpha value is -2.82. The third-order valence-electron chi connectivity index (χ3n) is 4.05. The number of nitrogens with zero attached hydrogens (tertiary/aromatic N) is 3. The Labute approximate surface area is 180 Å². The molecule has 1 aromatic carbocycles. The number of hydrogen-bond donors (Lipinski definition) is 3. The summed E-state index contributed by atoms with van der Waals surface area (Å²) in [5, 5.41) is 10.7. The number of carbonyl (C=O) groups excluding carboxylic acids is 1. The fourth-order valence-electron chi connectivity index (χ4n) is 2.62. The van der Waals surface area contributed by atoms with Gasteiger partial charge in [0.1, 0.15) is 5.76 Å². The van der Waals surface area contributed by atoms with Crippen LogP contribution in [0.25, 0.3) is 5.69 Å². The fraction of sp³-hybridized carbons (Fsp3) is 0.211. The predicted octanol–water partition coefficient (Wildman–Crippen LogP) is 2.61. The number of rotatable bonds is 6. The van der Waals surface area contributed by atoms with Crippen LogP contribution in [0.1, 0.15) is 34.8 Å². The Balaban J connectivity index is 0.00000280. The summed E-state index contributed by atoms with van der Waals surface area (Å²) >= 11 is 0. The molecule has 2 aromatic heterocycles. The molecular weight excluding hydrogens is 471 g/mol. The van der Waals surface area contributed by atoms with E-state index in [-0.39, 0.29) is 35.8 Å². The van der Waals surface area contributed by atoms with E-state index >= 15 is 0 Å². The van der Waals surface area contributed by atoms with Gasteiger partial charge in [-0.2, -0.15) is 5.10 Å². The minimum atomic E-state index is -0.588. The summed E-state index contributed by atoms with van der Waals surface area (Å²) in [5.41, 5.74) is 7.28. The lowest BCUT2D eigenvalue weighted by atomic mass is 10.1. The molecule has 0 fully saturated rings. The lowest BCUT2D eigenvalue weighted by Crippen LogP contribution is -2.38. The highest BCUT2D eigenvalue weighted by Gasteiger charge is 2.11. The zero-order valence-corrected chi connectivity index (χ0v) is 18.0. The second-order valence-electron chi connectivity index (χ2n) is 5.97. The molecule has 3 rings (SSSR count). The number of amides is 1. The second kappa shape index (κ2) is 9.93. The molecule has 3 aromatic rings. The molecule has 1 atom stereocenters. The van der Waals surface area contributed by atoms with Crippen molar-refractivity contribution in [3.8, 4) is 5.69 Å². The Bertz CT molecular complexity index is 936. The highest BCUT2D eigenvalue weighted by Crippen LogP contribution is 2.16. The van der Waals surface area contributed by atoms with Gasteiger partial charge in [-0.25, -0.2) is 4.68 Å². The average Bonchev–Trinajstić information content (AvgIpc) is 3.37. The maximum Gasteiger partial charge on any atom is 0.284 e. The van der Waals surface area contributed by atoms with Crippen LogP contribution in [0.3, 0.4) is 0 Å². The number of carbonyl (C=O) groups is 1. The summed E-state index contributed by atoms with van der Waals surface area (Å²) < 4.78 is 7.17. The molecular formula is C19H23IN6O2. The predicted molar refractivity (Wildman–Crippen MR) is 118 cm³/mol. The summed E-state index contributed by atoms with van der Waals surface area (Å²) in [4.78, 5) is 15.3. The molecule has 0 spiro atoms. The van der Waals surface area contributed by atoms with E-state index in [4.69, 9.17) is 10.2 Å². The molecule has 0 bridgehead atoms. The van der Waals surface area contributed by atoms with Gasteiger partial charge in [-0.05, 0) is 42.8 Å². The molecule has 1 amide bonds. The van der Waals surface area contributed by atoms with Crippen LogP contribution in [0.5, 0.6) is 0 Å². The van der Waals surface area contributed by atoms with Crippen LogP contribution in [0.2, 0.25) is 0 Å². The Morgan fingerprint density at radius 3 is 2.79 bits per heavy atom. The van der Waals surface area contributed by atoms with Crippen molar-refractivity contribution in [1.82, 2.24) is 20.4 Å². The Kier molecular flexibility index (Phi) is 7.61. The van der Waals surface area contributed by atoms with E-state index < -0.39 is 5.91 Å². The van der Waals surface area contributed by atoms with Crippen LogP contribution in [-0.2, 0) is 6.54 Å². The number of aromatic nitrogens is 2. The molecule has 28 heavy (non-hydrogen) atoms. The Morgan fingerprint density at radius 2 is 2.14 bits per heavy atom. The van der Waals surface area contributed by atoms with Gasteiger partial charge in [-0.1, -0.05) is 12.1 Å². The van der Waals surface area contributed by atoms with Crippen LogP contribution >= 0.6 is 24.0 Å². The number of nitrogens with two attached hydrogens (primary N) is 1. The van der Waals surface area contributed by atoms with Crippen molar-refractivity contribution in [2.75, 3.05) is 7.05 Å². The summed E-state index contributed by atoms with van der Waals surface area (Å²) in [6.07, 6.45) is 3.65. The highest BCUT2D eigenvalue weighted by molar-refractivity contribution is 14.0. The van der Waals surface area contributed by atoms with Gasteiger partial charge in [0.05, 0.1) is 18.3 Å². The summed E-state index contributed by atoms with van der Waals surface area (Å²) in [6.45, 7) is 2.43. The van der Waals surface area contributed by atoms with Gasteiger partial charge in [-0.3, -0.25) is 9.79 Å². The van der Waals surface area contributed by atoms with E-state index in [1.54, 1.807) is 25.4 Å². The molecule has 0 aliphatic carbocycles.